The molecule has 2 aromatic carbocycles. The Kier molecular flexibility index (Phi) is 8.29. The van der Waals surface area contributed by atoms with E-state index in [1.807, 2.05) is 26.2 Å². The molecule has 2 aromatic rings. The highest BCUT2D eigenvalue weighted by atomic mass is 16.5. The zero-order valence-corrected chi connectivity index (χ0v) is 20.7. The largest absolute Gasteiger partial charge is 0.493 e. The molecule has 1 amide bonds. The average Bonchev–Trinajstić information content (AvgIpc) is 3.33. The SMILES string of the molecule is COc1ccc(N2CCN(CC(=O)NN(C)C)[C@@H](Cc3ccccc3)C2)cc1OC1CCCC1. The van der Waals surface area contributed by atoms with E-state index in [1.165, 1.54) is 18.4 Å². The maximum Gasteiger partial charge on any atom is 0.248 e. The Labute approximate surface area is 203 Å². The molecule has 7 heteroatoms. The number of rotatable bonds is 9. The van der Waals surface area contributed by atoms with Gasteiger partial charge < -0.3 is 14.4 Å². The van der Waals surface area contributed by atoms with Gasteiger partial charge in [-0.1, -0.05) is 30.3 Å². The first kappa shape index (κ1) is 24.4. The van der Waals surface area contributed by atoms with Crippen molar-refractivity contribution in [3.05, 3.63) is 54.1 Å². The van der Waals surface area contributed by atoms with Crippen molar-refractivity contribution in [2.75, 3.05) is 52.3 Å². The Morgan fingerprint density at radius 1 is 1.06 bits per heavy atom. The van der Waals surface area contributed by atoms with Gasteiger partial charge in [-0.25, -0.2) is 5.01 Å². The Bertz CT molecular complexity index is 931. The van der Waals surface area contributed by atoms with Gasteiger partial charge in [-0.3, -0.25) is 15.1 Å². The van der Waals surface area contributed by atoms with Gasteiger partial charge in [-0.2, -0.15) is 0 Å². The molecule has 2 fully saturated rings. The highest BCUT2D eigenvalue weighted by Gasteiger charge is 2.29. The number of piperazine rings is 1. The van der Waals surface area contributed by atoms with Gasteiger partial charge in [-0.15, -0.1) is 0 Å². The fourth-order valence-corrected chi connectivity index (χ4v) is 5.02. The summed E-state index contributed by atoms with van der Waals surface area (Å²) in [6.45, 7) is 2.92. The molecule has 184 valence electrons. The summed E-state index contributed by atoms with van der Waals surface area (Å²) in [5, 5.41) is 1.70. The fourth-order valence-electron chi connectivity index (χ4n) is 5.02. The summed E-state index contributed by atoms with van der Waals surface area (Å²) >= 11 is 0. The van der Waals surface area contributed by atoms with Crippen molar-refractivity contribution in [2.24, 2.45) is 0 Å². The van der Waals surface area contributed by atoms with Gasteiger partial charge in [-0.05, 0) is 49.8 Å². The number of anilines is 1. The van der Waals surface area contributed by atoms with E-state index in [0.29, 0.717) is 6.54 Å². The van der Waals surface area contributed by atoms with Crippen LogP contribution in [0.15, 0.2) is 48.5 Å². The topological polar surface area (TPSA) is 57.3 Å². The lowest BCUT2D eigenvalue weighted by molar-refractivity contribution is -0.126. The van der Waals surface area contributed by atoms with Crippen LogP contribution >= 0.6 is 0 Å². The van der Waals surface area contributed by atoms with Crippen molar-refractivity contribution in [1.29, 1.82) is 0 Å². The first-order valence-corrected chi connectivity index (χ1v) is 12.4. The Morgan fingerprint density at radius 3 is 2.53 bits per heavy atom. The third-order valence-corrected chi connectivity index (χ3v) is 6.72. The quantitative estimate of drug-likeness (QED) is 0.572. The molecular weight excluding hydrogens is 428 g/mol. The van der Waals surface area contributed by atoms with Crippen LogP contribution in [0.1, 0.15) is 31.2 Å². The summed E-state index contributed by atoms with van der Waals surface area (Å²) < 4.78 is 11.9. The standard InChI is InChI=1S/C27H38N4O3/c1-29(2)28-27(32)20-31-16-15-30(19-23(31)17-21-9-5-4-6-10-21)22-13-14-25(33-3)26(18-22)34-24-11-7-8-12-24/h4-6,9-10,13-14,18,23-24H,7-8,11-12,15-17,19-20H2,1-3H3,(H,28,32)/t23-/m0/s1. The molecule has 0 spiro atoms. The van der Waals surface area contributed by atoms with Gasteiger partial charge >= 0.3 is 0 Å². The first-order chi connectivity index (χ1) is 16.5. The third-order valence-electron chi connectivity index (χ3n) is 6.72. The monoisotopic (exact) mass is 466 g/mol. The molecule has 0 bridgehead atoms. The van der Waals surface area contributed by atoms with Crippen molar-refractivity contribution in [3.63, 3.8) is 0 Å². The van der Waals surface area contributed by atoms with E-state index in [4.69, 9.17) is 9.47 Å². The van der Waals surface area contributed by atoms with E-state index in [0.717, 1.165) is 56.1 Å². The molecule has 2 aliphatic rings. The molecule has 1 N–H and O–H groups in total. The van der Waals surface area contributed by atoms with Gasteiger partial charge in [0.15, 0.2) is 11.5 Å². The van der Waals surface area contributed by atoms with Crippen LogP contribution in [0, 0.1) is 0 Å². The van der Waals surface area contributed by atoms with E-state index >= 15 is 0 Å². The second kappa shape index (κ2) is 11.6. The zero-order chi connectivity index (χ0) is 23.9. The van der Waals surface area contributed by atoms with Crippen LogP contribution in [0.4, 0.5) is 5.69 Å². The van der Waals surface area contributed by atoms with E-state index < -0.39 is 0 Å². The van der Waals surface area contributed by atoms with Crippen LogP contribution in [0.2, 0.25) is 0 Å². The zero-order valence-electron chi connectivity index (χ0n) is 20.7. The molecule has 7 nitrogen and oxygen atoms in total. The number of benzene rings is 2. The molecule has 0 aromatic heterocycles. The van der Waals surface area contributed by atoms with Crippen molar-refractivity contribution < 1.29 is 14.3 Å². The maximum atomic E-state index is 12.5. The predicted octanol–water partition coefficient (Wildman–Crippen LogP) is 3.34. The Morgan fingerprint density at radius 2 is 1.82 bits per heavy atom. The Balaban J connectivity index is 1.51. The van der Waals surface area contributed by atoms with Crippen molar-refractivity contribution >= 4 is 11.6 Å². The highest BCUT2D eigenvalue weighted by Crippen LogP contribution is 2.35. The number of ether oxygens (including phenoxy) is 2. The molecule has 4 rings (SSSR count). The number of hydrazine groups is 1. The Hall–Kier alpha value is -2.77. The minimum absolute atomic E-state index is 0.0215. The first-order valence-electron chi connectivity index (χ1n) is 12.4. The van der Waals surface area contributed by atoms with Crippen LogP contribution in [-0.4, -0.2) is 75.3 Å². The van der Waals surface area contributed by atoms with Crippen LogP contribution in [0.3, 0.4) is 0 Å². The van der Waals surface area contributed by atoms with Gasteiger partial charge in [0.25, 0.3) is 0 Å². The molecular formula is C27H38N4O3. The second-order valence-electron chi connectivity index (χ2n) is 9.55. The number of hydrogen-bond donors (Lipinski definition) is 1. The van der Waals surface area contributed by atoms with Crippen molar-refractivity contribution in [2.45, 2.75) is 44.2 Å². The summed E-state index contributed by atoms with van der Waals surface area (Å²) in [6.07, 6.45) is 5.87. The molecule has 1 atom stereocenters. The number of amides is 1. The smallest absolute Gasteiger partial charge is 0.248 e. The lowest BCUT2D eigenvalue weighted by atomic mass is 10.0. The average molecular weight is 467 g/mol. The van der Waals surface area contributed by atoms with Crippen LogP contribution in [-0.2, 0) is 11.2 Å². The summed E-state index contributed by atoms with van der Waals surface area (Å²) in [5.41, 5.74) is 5.31. The van der Waals surface area contributed by atoms with Gasteiger partial charge in [0.1, 0.15) is 0 Å². The second-order valence-corrected chi connectivity index (χ2v) is 9.55. The molecule has 0 unspecified atom stereocenters. The molecule has 1 saturated heterocycles. The molecule has 0 radical (unpaired) electrons. The van der Waals surface area contributed by atoms with E-state index in [9.17, 15) is 4.79 Å². The van der Waals surface area contributed by atoms with Crippen LogP contribution in [0.5, 0.6) is 11.5 Å². The van der Waals surface area contributed by atoms with Gasteiger partial charge in [0, 0.05) is 51.5 Å². The van der Waals surface area contributed by atoms with Crippen LogP contribution in [0.25, 0.3) is 0 Å². The van der Waals surface area contributed by atoms with Crippen molar-refractivity contribution in [1.82, 2.24) is 15.3 Å². The molecule has 1 aliphatic heterocycles. The summed E-state index contributed by atoms with van der Waals surface area (Å²) in [4.78, 5) is 17.2. The number of methoxy groups -OCH3 is 1. The number of nitrogens with one attached hydrogen (secondary N) is 1. The number of carbonyl (C=O) groups is 1. The van der Waals surface area contributed by atoms with Gasteiger partial charge in [0.05, 0.1) is 19.8 Å². The predicted molar refractivity (Wildman–Crippen MR) is 135 cm³/mol. The number of hydrogen-bond acceptors (Lipinski definition) is 6. The molecule has 34 heavy (non-hydrogen) atoms. The van der Waals surface area contributed by atoms with E-state index in [2.05, 4.69) is 51.6 Å². The van der Waals surface area contributed by atoms with Gasteiger partial charge in [0.2, 0.25) is 5.91 Å². The molecule has 1 aliphatic carbocycles. The lowest BCUT2D eigenvalue weighted by Crippen LogP contribution is -2.57. The normalized spacial score (nSPS) is 19.4. The summed E-state index contributed by atoms with van der Waals surface area (Å²) in [5.74, 6) is 1.64. The fraction of sp³-hybridized carbons (Fsp3) is 0.519. The highest BCUT2D eigenvalue weighted by molar-refractivity contribution is 5.77. The van der Waals surface area contributed by atoms with E-state index in [1.54, 1.807) is 12.1 Å². The minimum Gasteiger partial charge on any atom is -0.493 e. The summed E-state index contributed by atoms with van der Waals surface area (Å²) in [6, 6.07) is 17.0. The third kappa shape index (κ3) is 6.42. The van der Waals surface area contributed by atoms with Crippen molar-refractivity contribution in [3.8, 4) is 11.5 Å². The lowest BCUT2D eigenvalue weighted by Gasteiger charge is -2.42. The number of nitrogens with zero attached hydrogens (tertiary/aromatic N) is 3. The summed E-state index contributed by atoms with van der Waals surface area (Å²) in [7, 11) is 5.38. The van der Waals surface area contributed by atoms with E-state index in [-0.39, 0.29) is 18.1 Å². The minimum atomic E-state index is 0.0215. The molecule has 1 heterocycles. The maximum absolute atomic E-state index is 12.5. The molecule has 1 saturated carbocycles. The number of carbonyl (C=O) groups excluding carboxylic acids is 1. The van der Waals surface area contributed by atoms with Crippen LogP contribution < -0.4 is 19.8 Å².